The number of carbonyl (C=O) groups excluding carboxylic acids is 2. The number of nitrogens with zero attached hydrogens (tertiary/aromatic N) is 1. The third-order valence-electron chi connectivity index (χ3n) is 3.15. The summed E-state index contributed by atoms with van der Waals surface area (Å²) in [7, 11) is 0. The highest BCUT2D eigenvalue weighted by Gasteiger charge is 2.34. The summed E-state index contributed by atoms with van der Waals surface area (Å²) in [5.41, 5.74) is 2.96. The predicted octanol–water partition coefficient (Wildman–Crippen LogP) is 3.90. The minimum absolute atomic E-state index is 0.264. The molecule has 8 heteroatoms. The largest absolute Gasteiger partial charge is 0.462 e. The molecule has 0 atom stereocenters. The van der Waals surface area contributed by atoms with Gasteiger partial charge < -0.3 is 4.42 Å². The van der Waals surface area contributed by atoms with Gasteiger partial charge in [0.05, 0.1) is 4.91 Å². The Kier molecular flexibility index (Phi) is 4.88. The second kappa shape index (κ2) is 6.92. The van der Waals surface area contributed by atoms with Gasteiger partial charge in [0.2, 0.25) is 0 Å². The van der Waals surface area contributed by atoms with Crippen molar-refractivity contribution in [3.05, 3.63) is 62.9 Å². The summed E-state index contributed by atoms with van der Waals surface area (Å²) in [6.45, 7) is 1.82. The maximum Gasteiger partial charge on any atom is 0.285 e. The van der Waals surface area contributed by atoms with Crippen LogP contribution in [-0.4, -0.2) is 21.1 Å². The van der Waals surface area contributed by atoms with E-state index in [1.165, 1.54) is 0 Å². The Bertz CT molecular complexity index is 858. The maximum atomic E-state index is 12.4. The standard InChI is InChI=1S/C16H11BrN2O3S2/c1-9-2-7-12(22-9)8-13-15(21)19(16(23)24-13)18-14(20)10-3-5-11(17)6-4-10/h2-8H,1H3,(H,18,20)/b13-8+. The van der Waals surface area contributed by atoms with E-state index in [1.807, 2.05) is 13.0 Å². The van der Waals surface area contributed by atoms with Crippen molar-refractivity contribution in [3.8, 4) is 0 Å². The van der Waals surface area contributed by atoms with Crippen molar-refractivity contribution >= 4 is 62.1 Å². The zero-order valence-corrected chi connectivity index (χ0v) is 15.6. The van der Waals surface area contributed by atoms with Gasteiger partial charge in [0.15, 0.2) is 4.32 Å². The molecule has 1 N–H and O–H groups in total. The number of hydrazine groups is 1. The third kappa shape index (κ3) is 3.61. The molecule has 0 unspecified atom stereocenters. The van der Waals surface area contributed by atoms with Gasteiger partial charge in [-0.1, -0.05) is 27.7 Å². The van der Waals surface area contributed by atoms with Crippen molar-refractivity contribution in [1.82, 2.24) is 10.4 Å². The van der Waals surface area contributed by atoms with E-state index in [0.29, 0.717) is 16.2 Å². The highest BCUT2D eigenvalue weighted by molar-refractivity contribution is 9.10. The Labute approximate surface area is 156 Å². The number of nitrogens with one attached hydrogen (secondary N) is 1. The van der Waals surface area contributed by atoms with Crippen molar-refractivity contribution in [1.29, 1.82) is 0 Å². The number of hydrogen-bond acceptors (Lipinski definition) is 5. The number of thioether (sulfide) groups is 1. The smallest absolute Gasteiger partial charge is 0.285 e. The zero-order valence-electron chi connectivity index (χ0n) is 12.4. The molecule has 1 aromatic carbocycles. The van der Waals surface area contributed by atoms with Gasteiger partial charge in [-0.3, -0.25) is 15.0 Å². The van der Waals surface area contributed by atoms with E-state index in [4.69, 9.17) is 16.6 Å². The Morgan fingerprint density at radius 3 is 2.62 bits per heavy atom. The van der Waals surface area contributed by atoms with Crippen LogP contribution in [0.15, 0.2) is 50.2 Å². The Balaban J connectivity index is 1.76. The van der Waals surface area contributed by atoms with Gasteiger partial charge >= 0.3 is 0 Å². The molecule has 2 heterocycles. The van der Waals surface area contributed by atoms with Gasteiger partial charge in [0.1, 0.15) is 11.5 Å². The van der Waals surface area contributed by atoms with Crippen LogP contribution < -0.4 is 5.43 Å². The molecule has 0 bridgehead atoms. The van der Waals surface area contributed by atoms with Crippen LogP contribution >= 0.6 is 39.9 Å². The summed E-state index contributed by atoms with van der Waals surface area (Å²) in [6, 6.07) is 10.4. The molecule has 5 nitrogen and oxygen atoms in total. The molecule has 2 amide bonds. The van der Waals surface area contributed by atoms with Crippen molar-refractivity contribution < 1.29 is 14.0 Å². The lowest BCUT2D eigenvalue weighted by Crippen LogP contribution is -2.44. The molecule has 0 radical (unpaired) electrons. The molecule has 3 rings (SSSR count). The van der Waals surface area contributed by atoms with E-state index < -0.39 is 5.91 Å². The van der Waals surface area contributed by atoms with Crippen molar-refractivity contribution in [2.75, 3.05) is 0 Å². The van der Waals surface area contributed by atoms with Crippen molar-refractivity contribution in [2.45, 2.75) is 6.92 Å². The van der Waals surface area contributed by atoms with Gasteiger partial charge in [-0.05, 0) is 55.5 Å². The summed E-state index contributed by atoms with van der Waals surface area (Å²) < 4.78 is 6.56. The number of amides is 2. The molecule has 24 heavy (non-hydrogen) atoms. The molecule has 122 valence electrons. The number of furan rings is 1. The number of thiocarbonyl (C=S) groups is 1. The molecule has 1 saturated heterocycles. The summed E-state index contributed by atoms with van der Waals surface area (Å²) in [6.07, 6.45) is 1.61. The average Bonchev–Trinajstić information content (AvgIpc) is 3.06. The number of hydrogen-bond donors (Lipinski definition) is 1. The van der Waals surface area contributed by atoms with Crippen LogP contribution in [0.3, 0.4) is 0 Å². The number of carbonyl (C=O) groups is 2. The first-order chi connectivity index (χ1) is 11.4. The first-order valence-electron chi connectivity index (χ1n) is 6.85. The minimum Gasteiger partial charge on any atom is -0.462 e. The van der Waals surface area contributed by atoms with E-state index in [0.717, 1.165) is 27.0 Å². The van der Waals surface area contributed by atoms with Crippen molar-refractivity contribution in [2.24, 2.45) is 0 Å². The maximum absolute atomic E-state index is 12.4. The predicted molar refractivity (Wildman–Crippen MR) is 100 cm³/mol. The van der Waals surface area contributed by atoms with Crippen LogP contribution in [0, 0.1) is 6.92 Å². The Morgan fingerprint density at radius 2 is 2.00 bits per heavy atom. The molecule has 1 aliphatic rings. The first-order valence-corrected chi connectivity index (χ1v) is 8.87. The summed E-state index contributed by atoms with van der Waals surface area (Å²) >= 11 is 9.60. The lowest BCUT2D eigenvalue weighted by atomic mass is 10.2. The third-order valence-corrected chi connectivity index (χ3v) is 4.98. The zero-order chi connectivity index (χ0) is 17.3. The average molecular weight is 423 g/mol. The minimum atomic E-state index is -0.408. The fraction of sp³-hybridized carbons (Fsp3) is 0.0625. The van der Waals surface area contributed by atoms with Crippen molar-refractivity contribution in [3.63, 3.8) is 0 Å². The molecular formula is C16H11BrN2O3S2. The number of halogens is 1. The van der Waals surface area contributed by atoms with Crippen LogP contribution in [0.25, 0.3) is 6.08 Å². The molecule has 1 aliphatic heterocycles. The van der Waals surface area contributed by atoms with Crippen LogP contribution in [0.4, 0.5) is 0 Å². The number of rotatable bonds is 3. The molecule has 0 spiro atoms. The second-order valence-electron chi connectivity index (χ2n) is 4.91. The molecule has 0 saturated carbocycles. The fourth-order valence-corrected chi connectivity index (χ4v) is 3.42. The van der Waals surface area contributed by atoms with E-state index in [2.05, 4.69) is 21.4 Å². The summed E-state index contributed by atoms with van der Waals surface area (Å²) in [4.78, 5) is 25.1. The SMILES string of the molecule is Cc1ccc(/C=C2/SC(=S)N(NC(=O)c3ccc(Br)cc3)C2=O)o1. The van der Waals surface area contributed by atoms with Gasteiger partial charge in [0, 0.05) is 16.1 Å². The van der Waals surface area contributed by atoms with Crippen LogP contribution in [-0.2, 0) is 4.79 Å². The summed E-state index contributed by atoms with van der Waals surface area (Å²) in [5.74, 6) is 0.519. The van der Waals surface area contributed by atoms with Crippen LogP contribution in [0.1, 0.15) is 21.9 Å². The van der Waals surface area contributed by atoms with E-state index in [-0.39, 0.29) is 10.2 Å². The molecular weight excluding hydrogens is 412 g/mol. The molecule has 2 aromatic rings. The summed E-state index contributed by atoms with van der Waals surface area (Å²) in [5, 5.41) is 1.08. The number of aryl methyl sites for hydroxylation is 1. The van der Waals surface area contributed by atoms with E-state index >= 15 is 0 Å². The lowest BCUT2D eigenvalue weighted by molar-refractivity contribution is -0.123. The van der Waals surface area contributed by atoms with Gasteiger partial charge in [0.25, 0.3) is 11.8 Å². The molecule has 1 aromatic heterocycles. The quantitative estimate of drug-likeness (QED) is 0.600. The Morgan fingerprint density at radius 1 is 1.29 bits per heavy atom. The lowest BCUT2D eigenvalue weighted by Gasteiger charge is -2.15. The fourth-order valence-electron chi connectivity index (χ4n) is 1.99. The van der Waals surface area contributed by atoms with Crippen LogP contribution in [0.2, 0.25) is 0 Å². The molecule has 0 aliphatic carbocycles. The van der Waals surface area contributed by atoms with E-state index in [9.17, 15) is 9.59 Å². The second-order valence-corrected chi connectivity index (χ2v) is 7.50. The van der Waals surface area contributed by atoms with Gasteiger partial charge in [-0.25, -0.2) is 0 Å². The monoisotopic (exact) mass is 422 g/mol. The first kappa shape index (κ1) is 16.9. The van der Waals surface area contributed by atoms with Crippen LogP contribution in [0.5, 0.6) is 0 Å². The number of benzene rings is 1. The Hall–Kier alpha value is -1.90. The molecule has 1 fully saturated rings. The van der Waals surface area contributed by atoms with E-state index in [1.54, 1.807) is 36.4 Å². The highest BCUT2D eigenvalue weighted by Crippen LogP contribution is 2.31. The normalized spacial score (nSPS) is 16.1. The van der Waals surface area contributed by atoms with Gasteiger partial charge in [-0.15, -0.1) is 0 Å². The van der Waals surface area contributed by atoms with Gasteiger partial charge in [-0.2, -0.15) is 5.01 Å². The highest BCUT2D eigenvalue weighted by atomic mass is 79.9. The topological polar surface area (TPSA) is 62.6 Å².